The highest BCUT2D eigenvalue weighted by atomic mass is 32.2. The summed E-state index contributed by atoms with van der Waals surface area (Å²) in [6.07, 6.45) is 1.19. The van der Waals surface area contributed by atoms with E-state index in [4.69, 9.17) is 5.11 Å². The van der Waals surface area contributed by atoms with Gasteiger partial charge in [0.1, 0.15) is 0 Å². The number of carboxylic acids is 1. The van der Waals surface area contributed by atoms with Crippen molar-refractivity contribution in [3.8, 4) is 0 Å². The van der Waals surface area contributed by atoms with Crippen LogP contribution in [0.5, 0.6) is 0 Å². The number of ketones is 1. The number of carboxylic acid groups (broad SMARTS) is 1. The average molecular weight is 396 g/mol. The molecular weight excluding hydrogens is 372 g/mol. The standard InChI is InChI=1S/C18H24N2O6S/c1-13(21)14-4-6-16(7-5-14)27(25,26)20-11-8-15(9-12-20)18(24)19-10-2-3-17(22)23/h4-7,15H,2-3,8-12H2,1H3,(H,19,24)(H,22,23). The van der Waals surface area contributed by atoms with Gasteiger partial charge in [0.2, 0.25) is 15.9 Å². The predicted molar refractivity (Wildman–Crippen MR) is 97.8 cm³/mol. The van der Waals surface area contributed by atoms with E-state index >= 15 is 0 Å². The highest BCUT2D eigenvalue weighted by Crippen LogP contribution is 2.24. The van der Waals surface area contributed by atoms with Gasteiger partial charge < -0.3 is 10.4 Å². The number of Topliss-reactive ketones (excluding diaryl/α,β-unsaturated/α-hetero) is 1. The van der Waals surface area contributed by atoms with E-state index in [1.165, 1.54) is 35.5 Å². The van der Waals surface area contributed by atoms with Gasteiger partial charge in [0, 0.05) is 37.5 Å². The van der Waals surface area contributed by atoms with E-state index in [2.05, 4.69) is 5.32 Å². The van der Waals surface area contributed by atoms with Crippen molar-refractivity contribution in [2.75, 3.05) is 19.6 Å². The Kier molecular flexibility index (Phi) is 7.09. The quantitative estimate of drug-likeness (QED) is 0.504. The van der Waals surface area contributed by atoms with Crippen LogP contribution in [-0.2, 0) is 19.6 Å². The molecule has 0 bridgehead atoms. The molecule has 1 aromatic rings. The number of nitrogens with zero attached hydrogens (tertiary/aromatic N) is 1. The molecule has 1 saturated heterocycles. The summed E-state index contributed by atoms with van der Waals surface area (Å²) in [5.74, 6) is -1.47. The topological polar surface area (TPSA) is 121 Å². The van der Waals surface area contributed by atoms with Crippen LogP contribution in [-0.4, -0.2) is 55.1 Å². The molecule has 148 valence electrons. The maximum atomic E-state index is 12.7. The summed E-state index contributed by atoms with van der Waals surface area (Å²) in [4.78, 5) is 34.0. The van der Waals surface area contributed by atoms with E-state index in [1.807, 2.05) is 0 Å². The predicted octanol–water partition coefficient (Wildman–Crippen LogP) is 1.27. The Labute approximate surface area is 158 Å². The van der Waals surface area contributed by atoms with Gasteiger partial charge in [-0.3, -0.25) is 14.4 Å². The van der Waals surface area contributed by atoms with Gasteiger partial charge in [0.25, 0.3) is 0 Å². The minimum absolute atomic E-state index is 0.000609. The van der Waals surface area contributed by atoms with Crippen molar-refractivity contribution < 1.29 is 27.9 Å². The number of carbonyl (C=O) groups is 3. The van der Waals surface area contributed by atoms with Gasteiger partial charge in [-0.25, -0.2) is 8.42 Å². The molecule has 2 rings (SSSR count). The zero-order valence-electron chi connectivity index (χ0n) is 15.2. The van der Waals surface area contributed by atoms with Crippen molar-refractivity contribution in [2.45, 2.75) is 37.5 Å². The summed E-state index contributed by atoms with van der Waals surface area (Å²) in [5.41, 5.74) is 0.451. The Morgan fingerprint density at radius 1 is 1.15 bits per heavy atom. The molecule has 1 amide bonds. The van der Waals surface area contributed by atoms with Gasteiger partial charge in [-0.15, -0.1) is 0 Å². The Morgan fingerprint density at radius 2 is 1.74 bits per heavy atom. The number of carbonyl (C=O) groups excluding carboxylic acids is 2. The summed E-state index contributed by atoms with van der Waals surface area (Å²) < 4.78 is 26.8. The molecule has 1 aliphatic heterocycles. The molecule has 0 radical (unpaired) electrons. The Hall–Kier alpha value is -2.26. The van der Waals surface area contributed by atoms with Gasteiger partial charge in [0.15, 0.2) is 5.78 Å². The van der Waals surface area contributed by atoms with E-state index in [1.54, 1.807) is 0 Å². The van der Waals surface area contributed by atoms with Crippen molar-refractivity contribution in [3.63, 3.8) is 0 Å². The summed E-state index contributed by atoms with van der Waals surface area (Å²) in [7, 11) is -3.66. The lowest BCUT2D eigenvalue weighted by molar-refractivity contribution is -0.137. The zero-order valence-corrected chi connectivity index (χ0v) is 16.0. The summed E-state index contributed by atoms with van der Waals surface area (Å²) >= 11 is 0. The molecule has 2 N–H and O–H groups in total. The second-order valence-corrected chi connectivity index (χ2v) is 8.49. The van der Waals surface area contributed by atoms with Crippen molar-refractivity contribution in [2.24, 2.45) is 5.92 Å². The lowest BCUT2D eigenvalue weighted by Gasteiger charge is -2.30. The van der Waals surface area contributed by atoms with E-state index in [0.717, 1.165) is 0 Å². The highest BCUT2D eigenvalue weighted by Gasteiger charge is 2.32. The van der Waals surface area contributed by atoms with E-state index in [-0.39, 0.29) is 42.0 Å². The normalized spacial score (nSPS) is 16.0. The Balaban J connectivity index is 1.89. The van der Waals surface area contributed by atoms with E-state index in [9.17, 15) is 22.8 Å². The van der Waals surface area contributed by atoms with Gasteiger partial charge in [-0.05, 0) is 38.3 Å². The molecule has 1 fully saturated rings. The maximum Gasteiger partial charge on any atom is 0.303 e. The van der Waals surface area contributed by atoms with Crippen molar-refractivity contribution in [1.82, 2.24) is 9.62 Å². The third-order valence-electron chi connectivity index (χ3n) is 4.59. The lowest BCUT2D eigenvalue weighted by Crippen LogP contribution is -2.43. The van der Waals surface area contributed by atoms with E-state index in [0.29, 0.717) is 31.4 Å². The minimum atomic E-state index is -3.66. The summed E-state index contributed by atoms with van der Waals surface area (Å²) in [5, 5.41) is 11.3. The van der Waals surface area contributed by atoms with Crippen molar-refractivity contribution in [3.05, 3.63) is 29.8 Å². The highest BCUT2D eigenvalue weighted by molar-refractivity contribution is 7.89. The van der Waals surface area contributed by atoms with Crippen LogP contribution < -0.4 is 5.32 Å². The molecule has 1 heterocycles. The molecule has 9 heteroatoms. The molecule has 0 unspecified atom stereocenters. The first kappa shape index (κ1) is 21.0. The SMILES string of the molecule is CC(=O)c1ccc(S(=O)(=O)N2CCC(C(=O)NCCCC(=O)O)CC2)cc1. The van der Waals surface area contributed by atoms with Gasteiger partial charge in [0.05, 0.1) is 4.90 Å². The number of nitrogens with one attached hydrogen (secondary N) is 1. The van der Waals surface area contributed by atoms with Gasteiger partial charge in [-0.1, -0.05) is 12.1 Å². The first-order chi connectivity index (χ1) is 12.7. The fourth-order valence-corrected chi connectivity index (χ4v) is 4.43. The molecule has 0 aliphatic carbocycles. The smallest absolute Gasteiger partial charge is 0.303 e. The summed E-state index contributed by atoms with van der Waals surface area (Å²) in [6, 6.07) is 5.83. The number of hydrogen-bond donors (Lipinski definition) is 2. The third-order valence-corrected chi connectivity index (χ3v) is 6.50. The van der Waals surface area contributed by atoms with Crippen molar-refractivity contribution >= 4 is 27.7 Å². The molecule has 1 aliphatic rings. The van der Waals surface area contributed by atoms with Crippen LogP contribution in [0.25, 0.3) is 0 Å². The first-order valence-electron chi connectivity index (χ1n) is 8.82. The molecular formula is C18H24N2O6S. The summed E-state index contributed by atoms with van der Waals surface area (Å²) in [6.45, 7) is 2.20. The van der Waals surface area contributed by atoms with Gasteiger partial charge >= 0.3 is 5.97 Å². The fourth-order valence-electron chi connectivity index (χ4n) is 2.96. The largest absolute Gasteiger partial charge is 0.481 e. The number of amides is 1. The minimum Gasteiger partial charge on any atom is -0.481 e. The van der Waals surface area contributed by atoms with Crippen molar-refractivity contribution in [1.29, 1.82) is 0 Å². The van der Waals surface area contributed by atoms with Crippen LogP contribution in [0.3, 0.4) is 0 Å². The number of hydrogen-bond acceptors (Lipinski definition) is 5. The van der Waals surface area contributed by atoms with Crippen LogP contribution in [0, 0.1) is 5.92 Å². The zero-order chi connectivity index (χ0) is 20.0. The molecule has 0 saturated carbocycles. The van der Waals surface area contributed by atoms with Crippen LogP contribution in [0.15, 0.2) is 29.2 Å². The second-order valence-electron chi connectivity index (χ2n) is 6.55. The third kappa shape index (κ3) is 5.61. The van der Waals surface area contributed by atoms with Crippen LogP contribution in [0.2, 0.25) is 0 Å². The lowest BCUT2D eigenvalue weighted by atomic mass is 9.97. The molecule has 0 atom stereocenters. The number of rotatable bonds is 8. The molecule has 1 aromatic carbocycles. The van der Waals surface area contributed by atoms with Crippen LogP contribution >= 0.6 is 0 Å². The van der Waals surface area contributed by atoms with Crippen LogP contribution in [0.1, 0.15) is 43.0 Å². The Morgan fingerprint density at radius 3 is 2.26 bits per heavy atom. The molecule has 0 spiro atoms. The number of piperidine rings is 1. The molecule has 0 aromatic heterocycles. The number of aliphatic carboxylic acids is 1. The maximum absolute atomic E-state index is 12.7. The number of benzene rings is 1. The van der Waals surface area contributed by atoms with Gasteiger partial charge in [-0.2, -0.15) is 4.31 Å². The molecule has 27 heavy (non-hydrogen) atoms. The first-order valence-corrected chi connectivity index (χ1v) is 10.3. The average Bonchev–Trinajstić information content (AvgIpc) is 2.65. The van der Waals surface area contributed by atoms with E-state index < -0.39 is 16.0 Å². The van der Waals surface area contributed by atoms with Crippen LogP contribution in [0.4, 0.5) is 0 Å². The Bertz CT molecular complexity index is 796. The fraction of sp³-hybridized carbons (Fsp3) is 0.500. The second kappa shape index (κ2) is 9.09. The number of sulfonamides is 1. The monoisotopic (exact) mass is 396 g/mol. The molecule has 8 nitrogen and oxygen atoms in total.